The Bertz CT molecular complexity index is 353. The third-order valence-corrected chi connectivity index (χ3v) is 2.54. The molecule has 1 aromatic carbocycles. The molecule has 84 valence electrons. The Labute approximate surface area is 96.2 Å². The Balaban J connectivity index is 3.48. The monoisotopic (exact) mass is 228 g/mol. The van der Waals surface area contributed by atoms with Crippen molar-refractivity contribution in [1.29, 1.82) is 0 Å². The lowest BCUT2D eigenvalue weighted by atomic mass is 9.85. The molecule has 0 unspecified atom stereocenters. The summed E-state index contributed by atoms with van der Waals surface area (Å²) in [5.41, 5.74) is 0.932. The summed E-state index contributed by atoms with van der Waals surface area (Å²) in [5.74, 6) is 1.51. The summed E-state index contributed by atoms with van der Waals surface area (Å²) >= 11 is 6.08. The van der Waals surface area contributed by atoms with Gasteiger partial charge in [-0.1, -0.05) is 32.4 Å². The van der Waals surface area contributed by atoms with E-state index in [1.54, 1.807) is 20.3 Å². The fraction of sp³-hybridized carbons (Fsp3) is 0.500. The second kappa shape index (κ2) is 4.31. The molecule has 0 saturated heterocycles. The van der Waals surface area contributed by atoms with E-state index in [4.69, 9.17) is 21.1 Å². The highest BCUT2D eigenvalue weighted by Gasteiger charge is 2.25. The molecule has 0 amide bonds. The first-order chi connectivity index (χ1) is 6.91. The second-order valence-electron chi connectivity index (χ2n) is 4.41. The van der Waals surface area contributed by atoms with Crippen molar-refractivity contribution >= 4 is 11.6 Å². The predicted octanol–water partition coefficient (Wildman–Crippen LogP) is 3.65. The maximum Gasteiger partial charge on any atom is 0.144 e. The van der Waals surface area contributed by atoms with Gasteiger partial charge in [-0.05, 0) is 17.5 Å². The summed E-state index contributed by atoms with van der Waals surface area (Å²) in [7, 11) is 3.27. The van der Waals surface area contributed by atoms with Crippen LogP contribution in [0.4, 0.5) is 0 Å². The molecule has 0 aliphatic carbocycles. The van der Waals surface area contributed by atoms with E-state index in [0.717, 1.165) is 11.3 Å². The summed E-state index contributed by atoms with van der Waals surface area (Å²) < 4.78 is 10.7. The lowest BCUT2D eigenvalue weighted by Crippen LogP contribution is -2.14. The van der Waals surface area contributed by atoms with Gasteiger partial charge in [0, 0.05) is 5.56 Å². The molecule has 0 bridgehead atoms. The lowest BCUT2D eigenvalue weighted by molar-refractivity contribution is 0.368. The summed E-state index contributed by atoms with van der Waals surface area (Å²) in [6.45, 7) is 6.30. The third kappa shape index (κ3) is 2.37. The topological polar surface area (TPSA) is 18.5 Å². The molecular weight excluding hydrogens is 212 g/mol. The van der Waals surface area contributed by atoms with Gasteiger partial charge < -0.3 is 9.47 Å². The van der Waals surface area contributed by atoms with Crippen LogP contribution >= 0.6 is 11.6 Å². The van der Waals surface area contributed by atoms with Gasteiger partial charge in [0.15, 0.2) is 0 Å². The average molecular weight is 229 g/mol. The Morgan fingerprint density at radius 3 is 2.07 bits per heavy atom. The number of hydrogen-bond donors (Lipinski definition) is 0. The minimum absolute atomic E-state index is 0.0679. The highest BCUT2D eigenvalue weighted by atomic mass is 35.5. The van der Waals surface area contributed by atoms with Gasteiger partial charge in [-0.2, -0.15) is 0 Å². The van der Waals surface area contributed by atoms with Crippen molar-refractivity contribution in [2.45, 2.75) is 26.2 Å². The number of rotatable bonds is 2. The zero-order valence-electron chi connectivity index (χ0n) is 9.85. The molecule has 0 fully saturated rings. The quantitative estimate of drug-likeness (QED) is 0.769. The van der Waals surface area contributed by atoms with Crippen molar-refractivity contribution in [2.24, 2.45) is 0 Å². The molecule has 0 aromatic heterocycles. The smallest absolute Gasteiger partial charge is 0.144 e. The SMILES string of the molecule is COc1ccc(Cl)c(OC)c1C(C)(C)C. The van der Waals surface area contributed by atoms with E-state index < -0.39 is 0 Å². The van der Waals surface area contributed by atoms with E-state index in [9.17, 15) is 0 Å². The van der Waals surface area contributed by atoms with Crippen molar-refractivity contribution < 1.29 is 9.47 Å². The van der Waals surface area contributed by atoms with E-state index in [1.165, 1.54) is 0 Å². The van der Waals surface area contributed by atoms with Gasteiger partial charge in [0.25, 0.3) is 0 Å². The van der Waals surface area contributed by atoms with Gasteiger partial charge in [0.1, 0.15) is 11.5 Å². The molecule has 1 rings (SSSR count). The molecule has 0 heterocycles. The van der Waals surface area contributed by atoms with Gasteiger partial charge in [0.05, 0.1) is 19.2 Å². The Morgan fingerprint density at radius 1 is 1.07 bits per heavy atom. The Morgan fingerprint density at radius 2 is 1.67 bits per heavy atom. The van der Waals surface area contributed by atoms with Crippen LogP contribution in [-0.2, 0) is 5.41 Å². The van der Waals surface area contributed by atoms with Crippen LogP contribution in [-0.4, -0.2) is 14.2 Å². The number of methoxy groups -OCH3 is 2. The maximum atomic E-state index is 6.08. The van der Waals surface area contributed by atoms with Gasteiger partial charge >= 0.3 is 0 Å². The predicted molar refractivity (Wildman–Crippen MR) is 63.3 cm³/mol. The highest BCUT2D eigenvalue weighted by molar-refractivity contribution is 6.32. The van der Waals surface area contributed by atoms with Crippen LogP contribution in [0, 0.1) is 0 Å². The molecule has 0 atom stereocenters. The van der Waals surface area contributed by atoms with Crippen LogP contribution in [0.5, 0.6) is 11.5 Å². The van der Waals surface area contributed by atoms with Crippen molar-refractivity contribution in [1.82, 2.24) is 0 Å². The molecule has 2 nitrogen and oxygen atoms in total. The molecule has 1 aromatic rings. The molecule has 0 radical (unpaired) electrons. The van der Waals surface area contributed by atoms with Crippen LogP contribution < -0.4 is 9.47 Å². The molecule has 3 heteroatoms. The van der Waals surface area contributed by atoms with Gasteiger partial charge in [0.2, 0.25) is 0 Å². The molecular formula is C12H17ClO2. The summed E-state index contributed by atoms with van der Waals surface area (Å²) in [5, 5.41) is 0.614. The van der Waals surface area contributed by atoms with Gasteiger partial charge in [-0.15, -0.1) is 0 Å². The van der Waals surface area contributed by atoms with Crippen LogP contribution in [0.1, 0.15) is 26.3 Å². The van der Waals surface area contributed by atoms with Crippen LogP contribution in [0.25, 0.3) is 0 Å². The number of hydrogen-bond acceptors (Lipinski definition) is 2. The molecule has 0 N–H and O–H groups in total. The lowest BCUT2D eigenvalue weighted by Gasteiger charge is -2.25. The zero-order valence-corrected chi connectivity index (χ0v) is 10.6. The first kappa shape index (κ1) is 12.2. The van der Waals surface area contributed by atoms with Gasteiger partial charge in [-0.25, -0.2) is 0 Å². The van der Waals surface area contributed by atoms with Crippen molar-refractivity contribution in [2.75, 3.05) is 14.2 Å². The molecule has 0 aliphatic heterocycles. The van der Waals surface area contributed by atoms with E-state index >= 15 is 0 Å². The summed E-state index contributed by atoms with van der Waals surface area (Å²) in [6, 6.07) is 3.65. The number of ether oxygens (including phenoxy) is 2. The zero-order chi connectivity index (χ0) is 11.6. The fourth-order valence-electron chi connectivity index (χ4n) is 1.62. The fourth-order valence-corrected chi connectivity index (χ4v) is 1.85. The third-order valence-electron chi connectivity index (χ3n) is 2.25. The summed E-state index contributed by atoms with van der Waals surface area (Å²) in [6.07, 6.45) is 0. The molecule has 0 aliphatic rings. The average Bonchev–Trinajstić information content (AvgIpc) is 2.15. The van der Waals surface area contributed by atoms with Crippen LogP contribution in [0.15, 0.2) is 12.1 Å². The second-order valence-corrected chi connectivity index (χ2v) is 4.82. The Hall–Kier alpha value is -0.890. The van der Waals surface area contributed by atoms with Crippen LogP contribution in [0.2, 0.25) is 5.02 Å². The van der Waals surface area contributed by atoms with Gasteiger partial charge in [-0.3, -0.25) is 0 Å². The maximum absolute atomic E-state index is 6.08. The number of halogens is 1. The molecule has 15 heavy (non-hydrogen) atoms. The molecule has 0 spiro atoms. The Kier molecular flexibility index (Phi) is 3.50. The molecule has 0 saturated carbocycles. The highest BCUT2D eigenvalue weighted by Crippen LogP contribution is 2.42. The minimum Gasteiger partial charge on any atom is -0.496 e. The van der Waals surface area contributed by atoms with Crippen molar-refractivity contribution in [3.8, 4) is 11.5 Å². The van der Waals surface area contributed by atoms with Crippen molar-refractivity contribution in [3.63, 3.8) is 0 Å². The largest absolute Gasteiger partial charge is 0.496 e. The van der Waals surface area contributed by atoms with E-state index in [1.807, 2.05) is 6.07 Å². The first-order valence-corrected chi connectivity index (χ1v) is 5.20. The van der Waals surface area contributed by atoms with E-state index in [0.29, 0.717) is 10.8 Å². The van der Waals surface area contributed by atoms with Crippen LogP contribution in [0.3, 0.4) is 0 Å². The standard InChI is InChI=1S/C12H17ClO2/c1-12(2,3)10-9(14-4)7-6-8(13)11(10)15-5/h6-7H,1-5H3. The minimum atomic E-state index is -0.0679. The van der Waals surface area contributed by atoms with Crippen molar-refractivity contribution in [3.05, 3.63) is 22.7 Å². The summed E-state index contributed by atoms with van der Waals surface area (Å²) in [4.78, 5) is 0. The first-order valence-electron chi connectivity index (χ1n) is 4.82. The number of benzene rings is 1. The van der Waals surface area contributed by atoms with E-state index in [-0.39, 0.29) is 5.41 Å². The normalized spacial score (nSPS) is 11.3. The van der Waals surface area contributed by atoms with E-state index in [2.05, 4.69) is 20.8 Å².